The maximum absolute atomic E-state index is 10.8. The highest BCUT2D eigenvalue weighted by Gasteiger charge is 2.02. The number of hydrogen-bond donors (Lipinski definition) is 0. The van der Waals surface area contributed by atoms with Gasteiger partial charge in [-0.3, -0.25) is 9.79 Å². The van der Waals surface area contributed by atoms with Gasteiger partial charge in [0.2, 0.25) is 0 Å². The highest BCUT2D eigenvalue weighted by Crippen LogP contribution is 2.01. The fourth-order valence-corrected chi connectivity index (χ4v) is 1.14. The fourth-order valence-electron chi connectivity index (χ4n) is 1.14. The third kappa shape index (κ3) is 6.08. The van der Waals surface area contributed by atoms with Gasteiger partial charge in [0, 0.05) is 18.2 Å². The highest BCUT2D eigenvalue weighted by molar-refractivity contribution is 6.01. The Bertz CT molecular complexity index is 171. The molecule has 0 aliphatic carbocycles. The summed E-state index contributed by atoms with van der Waals surface area (Å²) in [7, 11) is 0. The molecule has 0 fully saturated rings. The van der Waals surface area contributed by atoms with Gasteiger partial charge in [-0.05, 0) is 27.2 Å². The van der Waals surface area contributed by atoms with Crippen LogP contribution in [0, 0.1) is 0 Å². The van der Waals surface area contributed by atoms with E-state index in [9.17, 15) is 4.79 Å². The number of rotatable bonds is 5. The molecule has 0 aliphatic heterocycles. The summed E-state index contributed by atoms with van der Waals surface area (Å²) in [6, 6.07) is 0.311. The maximum atomic E-state index is 10.8. The molecule has 12 heavy (non-hydrogen) atoms. The van der Waals surface area contributed by atoms with E-state index in [0.29, 0.717) is 12.5 Å². The van der Waals surface area contributed by atoms with E-state index in [0.717, 1.165) is 18.6 Å². The standard InChI is InChI=1S/C10H19NO/c1-5-6-10(7-9(4)12)11-8(2)3/h8H,5-7H2,1-4H3. The van der Waals surface area contributed by atoms with E-state index in [1.54, 1.807) is 6.92 Å². The van der Waals surface area contributed by atoms with Crippen molar-refractivity contribution >= 4 is 11.5 Å². The zero-order valence-electron chi connectivity index (χ0n) is 8.55. The lowest BCUT2D eigenvalue weighted by atomic mass is 10.1. The number of nitrogens with zero attached hydrogens (tertiary/aromatic N) is 1. The zero-order chi connectivity index (χ0) is 9.56. The number of aliphatic imine (C=N–C) groups is 1. The number of carbonyl (C=O) groups is 1. The van der Waals surface area contributed by atoms with Crippen molar-refractivity contribution in [1.29, 1.82) is 0 Å². The molecule has 0 aromatic carbocycles. The molecular formula is C10H19NO. The fraction of sp³-hybridized carbons (Fsp3) is 0.800. The van der Waals surface area contributed by atoms with Crippen molar-refractivity contribution in [2.24, 2.45) is 4.99 Å². The van der Waals surface area contributed by atoms with Gasteiger partial charge in [0.25, 0.3) is 0 Å². The Morgan fingerprint density at radius 3 is 2.33 bits per heavy atom. The molecule has 0 heterocycles. The molecule has 0 aromatic heterocycles. The molecule has 2 heteroatoms. The molecule has 0 spiro atoms. The summed E-state index contributed by atoms with van der Waals surface area (Å²) in [5.74, 6) is 0.211. The quantitative estimate of drug-likeness (QED) is 0.582. The van der Waals surface area contributed by atoms with Crippen molar-refractivity contribution in [2.75, 3.05) is 0 Å². The van der Waals surface area contributed by atoms with Gasteiger partial charge in [-0.15, -0.1) is 0 Å². The summed E-state index contributed by atoms with van der Waals surface area (Å²) in [5.41, 5.74) is 1.06. The molecule has 0 rings (SSSR count). The molecule has 0 radical (unpaired) electrons. The summed E-state index contributed by atoms with van der Waals surface area (Å²) >= 11 is 0. The second kappa shape index (κ2) is 5.92. The van der Waals surface area contributed by atoms with E-state index in [4.69, 9.17) is 0 Å². The van der Waals surface area contributed by atoms with E-state index in [-0.39, 0.29) is 5.78 Å². The predicted molar refractivity (Wildman–Crippen MR) is 52.8 cm³/mol. The first-order chi connectivity index (χ1) is 5.56. The number of carbonyl (C=O) groups excluding carboxylic acids is 1. The van der Waals surface area contributed by atoms with Crippen molar-refractivity contribution in [3.63, 3.8) is 0 Å². The van der Waals surface area contributed by atoms with Gasteiger partial charge in [0.05, 0.1) is 0 Å². The van der Waals surface area contributed by atoms with Gasteiger partial charge in [0.15, 0.2) is 0 Å². The van der Waals surface area contributed by atoms with E-state index < -0.39 is 0 Å². The lowest BCUT2D eigenvalue weighted by Gasteiger charge is -2.04. The van der Waals surface area contributed by atoms with E-state index >= 15 is 0 Å². The van der Waals surface area contributed by atoms with E-state index in [2.05, 4.69) is 11.9 Å². The van der Waals surface area contributed by atoms with Crippen LogP contribution in [0.5, 0.6) is 0 Å². The molecule has 0 saturated heterocycles. The van der Waals surface area contributed by atoms with E-state index in [1.165, 1.54) is 0 Å². The molecule has 0 aliphatic rings. The molecule has 0 aromatic rings. The first kappa shape index (κ1) is 11.3. The molecule has 0 bridgehead atoms. The van der Waals surface area contributed by atoms with Gasteiger partial charge < -0.3 is 0 Å². The Morgan fingerprint density at radius 2 is 2.00 bits per heavy atom. The van der Waals surface area contributed by atoms with E-state index in [1.807, 2.05) is 13.8 Å². The molecule has 0 unspecified atom stereocenters. The Morgan fingerprint density at radius 1 is 1.42 bits per heavy atom. The van der Waals surface area contributed by atoms with Crippen LogP contribution >= 0.6 is 0 Å². The highest BCUT2D eigenvalue weighted by atomic mass is 16.1. The largest absolute Gasteiger partial charge is 0.300 e. The van der Waals surface area contributed by atoms with Crippen LogP contribution in [0.3, 0.4) is 0 Å². The molecule has 0 amide bonds. The third-order valence-corrected chi connectivity index (χ3v) is 1.43. The Kier molecular flexibility index (Phi) is 5.60. The first-order valence-corrected chi connectivity index (χ1v) is 4.61. The minimum atomic E-state index is 0.211. The molecule has 2 nitrogen and oxygen atoms in total. The van der Waals surface area contributed by atoms with Gasteiger partial charge in [-0.1, -0.05) is 13.3 Å². The predicted octanol–water partition coefficient (Wildman–Crippen LogP) is 2.62. The summed E-state index contributed by atoms with van der Waals surface area (Å²) in [6.07, 6.45) is 2.56. The first-order valence-electron chi connectivity index (χ1n) is 4.61. The van der Waals surface area contributed by atoms with Crippen LogP contribution in [0.15, 0.2) is 4.99 Å². The van der Waals surface area contributed by atoms with Crippen LogP contribution in [-0.2, 0) is 4.79 Å². The third-order valence-electron chi connectivity index (χ3n) is 1.43. The lowest BCUT2D eigenvalue weighted by molar-refractivity contribution is -0.115. The monoisotopic (exact) mass is 169 g/mol. The Labute approximate surface area is 75.1 Å². The number of ketones is 1. The summed E-state index contributed by atoms with van der Waals surface area (Å²) in [5, 5.41) is 0. The number of Topliss-reactive ketones (excluding diaryl/α,β-unsaturated/α-hetero) is 1. The van der Waals surface area contributed by atoms with Crippen LogP contribution < -0.4 is 0 Å². The molecule has 0 N–H and O–H groups in total. The molecule has 70 valence electrons. The normalized spacial score (nSPS) is 12.2. The van der Waals surface area contributed by atoms with Gasteiger partial charge >= 0.3 is 0 Å². The van der Waals surface area contributed by atoms with Crippen molar-refractivity contribution < 1.29 is 4.79 Å². The topological polar surface area (TPSA) is 29.4 Å². The molecular weight excluding hydrogens is 150 g/mol. The van der Waals surface area contributed by atoms with Crippen LogP contribution in [0.25, 0.3) is 0 Å². The summed E-state index contributed by atoms with van der Waals surface area (Å²) < 4.78 is 0. The summed E-state index contributed by atoms with van der Waals surface area (Å²) in [6.45, 7) is 7.80. The minimum absolute atomic E-state index is 0.211. The van der Waals surface area contributed by atoms with Gasteiger partial charge in [-0.25, -0.2) is 0 Å². The Hall–Kier alpha value is -0.660. The van der Waals surface area contributed by atoms with Gasteiger partial charge in [0.1, 0.15) is 5.78 Å². The average Bonchev–Trinajstić information content (AvgIpc) is 1.84. The zero-order valence-corrected chi connectivity index (χ0v) is 8.55. The lowest BCUT2D eigenvalue weighted by Crippen LogP contribution is -2.07. The van der Waals surface area contributed by atoms with Crippen LogP contribution in [0.1, 0.15) is 47.0 Å². The summed E-state index contributed by atoms with van der Waals surface area (Å²) in [4.78, 5) is 15.2. The molecule has 0 atom stereocenters. The van der Waals surface area contributed by atoms with Crippen LogP contribution in [-0.4, -0.2) is 17.5 Å². The van der Waals surface area contributed by atoms with Crippen molar-refractivity contribution in [1.82, 2.24) is 0 Å². The number of hydrogen-bond acceptors (Lipinski definition) is 2. The van der Waals surface area contributed by atoms with Crippen LogP contribution in [0.2, 0.25) is 0 Å². The Balaban J connectivity index is 4.12. The molecule has 0 saturated carbocycles. The van der Waals surface area contributed by atoms with Gasteiger partial charge in [-0.2, -0.15) is 0 Å². The van der Waals surface area contributed by atoms with Crippen molar-refractivity contribution in [3.8, 4) is 0 Å². The van der Waals surface area contributed by atoms with Crippen LogP contribution in [0.4, 0.5) is 0 Å². The minimum Gasteiger partial charge on any atom is -0.300 e. The van der Waals surface area contributed by atoms with Crippen molar-refractivity contribution in [3.05, 3.63) is 0 Å². The average molecular weight is 169 g/mol. The van der Waals surface area contributed by atoms with Crippen molar-refractivity contribution in [2.45, 2.75) is 53.0 Å². The smallest absolute Gasteiger partial charge is 0.135 e. The second-order valence-electron chi connectivity index (χ2n) is 3.42. The SMILES string of the molecule is CCCC(CC(C)=O)=NC(C)C. The maximum Gasteiger partial charge on any atom is 0.135 e. The second-order valence-corrected chi connectivity index (χ2v) is 3.42.